The lowest BCUT2D eigenvalue weighted by atomic mass is 10.0. The minimum Gasteiger partial charge on any atom is -0.255 e. The molecule has 3 heteroatoms. The van der Waals surface area contributed by atoms with Crippen LogP contribution in [0.3, 0.4) is 0 Å². The van der Waals surface area contributed by atoms with Gasteiger partial charge in [-0.2, -0.15) is 0 Å². The Hall–Kier alpha value is -2.55. The van der Waals surface area contributed by atoms with Crippen LogP contribution >= 0.6 is 0 Å². The highest BCUT2D eigenvalue weighted by Gasteiger charge is 2.10. The molecule has 3 aromatic heterocycles. The predicted molar refractivity (Wildman–Crippen MR) is 177 cm³/mol. The molecule has 0 fully saturated rings. The number of unbranched alkanes of at least 4 members (excludes halogenated alkanes) is 16. The molecule has 0 bridgehead atoms. The maximum absolute atomic E-state index is 5.00. The Labute approximate surface area is 252 Å². The van der Waals surface area contributed by atoms with Crippen LogP contribution in [0.4, 0.5) is 0 Å². The summed E-state index contributed by atoms with van der Waals surface area (Å²) in [6, 6.07) is 13.0. The van der Waals surface area contributed by atoms with Crippen LogP contribution in [-0.2, 0) is 19.3 Å². The molecule has 0 saturated carbocycles. The monoisotopic (exact) mass is 555 g/mol. The van der Waals surface area contributed by atoms with Crippen molar-refractivity contribution in [2.45, 2.75) is 149 Å². The zero-order valence-electron chi connectivity index (χ0n) is 26.6. The van der Waals surface area contributed by atoms with Crippen LogP contribution in [0.5, 0.6) is 0 Å². The number of aryl methyl sites for hydroxylation is 3. The zero-order chi connectivity index (χ0) is 29.0. The summed E-state index contributed by atoms with van der Waals surface area (Å²) in [6.07, 6.45) is 30.9. The Kier molecular flexibility index (Phi) is 16.4. The van der Waals surface area contributed by atoms with Gasteiger partial charge in [0.2, 0.25) is 0 Å². The Bertz CT molecular complexity index is 1110. The van der Waals surface area contributed by atoms with E-state index >= 15 is 0 Å². The van der Waals surface area contributed by atoms with Gasteiger partial charge in [0, 0.05) is 12.4 Å². The first-order valence-corrected chi connectivity index (χ1v) is 17.1. The first kappa shape index (κ1) is 33.0. The Morgan fingerprint density at radius 1 is 0.415 bits per heavy atom. The van der Waals surface area contributed by atoms with Gasteiger partial charge in [-0.15, -0.1) is 0 Å². The van der Waals surface area contributed by atoms with Gasteiger partial charge in [0.15, 0.2) is 0 Å². The standard InChI is InChI=1S/C38H57N3/c1-4-7-8-9-10-11-12-13-14-15-16-17-18-19-20-21-22-23-34-25-27-40-36(31-34)38-30-33(6-3)29-37(41-38)35-28-32(5-2)24-26-39-35/h24-31H,4-23H2,1-3H3. The number of rotatable bonds is 22. The van der Waals surface area contributed by atoms with E-state index < -0.39 is 0 Å². The molecule has 3 rings (SSSR count). The Morgan fingerprint density at radius 3 is 1.27 bits per heavy atom. The number of nitrogens with zero attached hydrogens (tertiary/aromatic N) is 3. The molecule has 0 unspecified atom stereocenters. The molecule has 0 radical (unpaired) electrons. The molecule has 224 valence electrons. The fourth-order valence-corrected chi connectivity index (χ4v) is 5.71. The van der Waals surface area contributed by atoms with Crippen molar-refractivity contribution >= 4 is 0 Å². The SMILES string of the molecule is CCCCCCCCCCCCCCCCCCCc1ccnc(-c2cc(CC)cc(-c3cc(CC)ccn3)n2)c1. The van der Waals surface area contributed by atoms with Crippen LogP contribution in [0.25, 0.3) is 22.8 Å². The summed E-state index contributed by atoms with van der Waals surface area (Å²) in [4.78, 5) is 14.3. The van der Waals surface area contributed by atoms with Crippen molar-refractivity contribution in [2.24, 2.45) is 0 Å². The van der Waals surface area contributed by atoms with E-state index in [-0.39, 0.29) is 0 Å². The summed E-state index contributed by atoms with van der Waals surface area (Å²) in [6.45, 7) is 6.67. The molecule has 0 spiro atoms. The summed E-state index contributed by atoms with van der Waals surface area (Å²) in [7, 11) is 0. The highest BCUT2D eigenvalue weighted by molar-refractivity contribution is 5.64. The molecule has 41 heavy (non-hydrogen) atoms. The Morgan fingerprint density at radius 2 is 0.805 bits per heavy atom. The van der Waals surface area contributed by atoms with E-state index in [2.05, 4.69) is 62.2 Å². The molecule has 0 N–H and O–H groups in total. The molecule has 0 aliphatic rings. The minimum atomic E-state index is 0.940. The summed E-state index contributed by atoms with van der Waals surface area (Å²) >= 11 is 0. The average molecular weight is 556 g/mol. The van der Waals surface area contributed by atoms with Crippen molar-refractivity contribution in [1.29, 1.82) is 0 Å². The highest BCUT2D eigenvalue weighted by Crippen LogP contribution is 2.25. The van der Waals surface area contributed by atoms with E-state index in [4.69, 9.17) is 9.97 Å². The van der Waals surface area contributed by atoms with E-state index in [9.17, 15) is 0 Å². The van der Waals surface area contributed by atoms with Gasteiger partial charge in [-0.25, -0.2) is 4.98 Å². The first-order valence-electron chi connectivity index (χ1n) is 17.1. The van der Waals surface area contributed by atoms with E-state index in [0.717, 1.165) is 42.0 Å². The second-order valence-corrected chi connectivity index (χ2v) is 12.0. The zero-order valence-corrected chi connectivity index (χ0v) is 26.6. The third-order valence-corrected chi connectivity index (χ3v) is 8.44. The van der Waals surface area contributed by atoms with Gasteiger partial charge in [-0.05, 0) is 78.8 Å². The van der Waals surface area contributed by atoms with E-state index in [1.165, 1.54) is 126 Å². The molecule has 0 aromatic carbocycles. The van der Waals surface area contributed by atoms with Crippen molar-refractivity contribution in [3.63, 3.8) is 0 Å². The van der Waals surface area contributed by atoms with Crippen molar-refractivity contribution in [3.8, 4) is 22.8 Å². The van der Waals surface area contributed by atoms with Gasteiger partial charge in [0.05, 0.1) is 22.8 Å². The van der Waals surface area contributed by atoms with Gasteiger partial charge in [-0.1, -0.05) is 124 Å². The lowest BCUT2D eigenvalue weighted by molar-refractivity contribution is 0.527. The fraction of sp³-hybridized carbons (Fsp3) is 0.605. The molecule has 0 amide bonds. The van der Waals surface area contributed by atoms with Crippen LogP contribution in [0.15, 0.2) is 48.8 Å². The van der Waals surface area contributed by atoms with Crippen LogP contribution in [0.2, 0.25) is 0 Å². The molecular weight excluding hydrogens is 498 g/mol. The van der Waals surface area contributed by atoms with Gasteiger partial charge >= 0.3 is 0 Å². The number of pyridine rings is 3. The van der Waals surface area contributed by atoms with Gasteiger partial charge < -0.3 is 0 Å². The maximum atomic E-state index is 5.00. The maximum Gasteiger partial charge on any atom is 0.0897 e. The van der Waals surface area contributed by atoms with Gasteiger partial charge in [0.25, 0.3) is 0 Å². The molecule has 3 heterocycles. The molecule has 0 atom stereocenters. The van der Waals surface area contributed by atoms with Crippen LogP contribution in [0.1, 0.15) is 147 Å². The molecule has 0 aliphatic carbocycles. The number of hydrogen-bond acceptors (Lipinski definition) is 3. The Balaban J connectivity index is 1.32. The van der Waals surface area contributed by atoms with E-state index in [0.29, 0.717) is 0 Å². The normalized spacial score (nSPS) is 11.3. The summed E-state index contributed by atoms with van der Waals surface area (Å²) < 4.78 is 0. The van der Waals surface area contributed by atoms with E-state index in [1.807, 2.05) is 12.4 Å². The second-order valence-electron chi connectivity index (χ2n) is 12.0. The largest absolute Gasteiger partial charge is 0.255 e. The average Bonchev–Trinajstić information content (AvgIpc) is 3.02. The smallest absolute Gasteiger partial charge is 0.0897 e. The lowest BCUT2D eigenvalue weighted by Gasteiger charge is -2.10. The summed E-state index contributed by atoms with van der Waals surface area (Å²) in [5, 5.41) is 0. The summed E-state index contributed by atoms with van der Waals surface area (Å²) in [5.74, 6) is 0. The van der Waals surface area contributed by atoms with E-state index in [1.54, 1.807) is 0 Å². The summed E-state index contributed by atoms with van der Waals surface area (Å²) in [5.41, 5.74) is 7.73. The molecule has 0 saturated heterocycles. The topological polar surface area (TPSA) is 38.7 Å². The van der Waals surface area contributed by atoms with Crippen molar-refractivity contribution < 1.29 is 0 Å². The molecule has 3 aromatic rings. The third kappa shape index (κ3) is 12.9. The molecule has 3 nitrogen and oxygen atoms in total. The van der Waals surface area contributed by atoms with Crippen molar-refractivity contribution in [1.82, 2.24) is 15.0 Å². The minimum absolute atomic E-state index is 0.940. The van der Waals surface area contributed by atoms with Gasteiger partial charge in [0.1, 0.15) is 0 Å². The third-order valence-electron chi connectivity index (χ3n) is 8.44. The predicted octanol–water partition coefficient (Wildman–Crippen LogP) is 11.5. The van der Waals surface area contributed by atoms with Gasteiger partial charge in [-0.3, -0.25) is 9.97 Å². The van der Waals surface area contributed by atoms with Crippen molar-refractivity contribution in [3.05, 3.63) is 65.5 Å². The second kappa shape index (κ2) is 20.3. The first-order chi connectivity index (χ1) is 20.2. The number of aromatic nitrogens is 3. The van der Waals surface area contributed by atoms with Crippen molar-refractivity contribution in [2.75, 3.05) is 0 Å². The highest BCUT2D eigenvalue weighted by atomic mass is 14.8. The lowest BCUT2D eigenvalue weighted by Crippen LogP contribution is -1.97. The quantitative estimate of drug-likeness (QED) is 0.116. The van der Waals surface area contributed by atoms with Crippen LogP contribution in [-0.4, -0.2) is 15.0 Å². The fourth-order valence-electron chi connectivity index (χ4n) is 5.71. The molecule has 0 aliphatic heterocycles. The van der Waals surface area contributed by atoms with Crippen LogP contribution in [0, 0.1) is 0 Å². The van der Waals surface area contributed by atoms with Crippen LogP contribution < -0.4 is 0 Å². The number of hydrogen-bond donors (Lipinski definition) is 0. The molecular formula is C38H57N3.